The minimum atomic E-state index is -4.37. The summed E-state index contributed by atoms with van der Waals surface area (Å²) in [5.74, 6) is 0.664. The summed E-state index contributed by atoms with van der Waals surface area (Å²) in [5, 5.41) is 0. The summed E-state index contributed by atoms with van der Waals surface area (Å²) >= 11 is 2.92. The van der Waals surface area contributed by atoms with E-state index in [1.54, 1.807) is 30.3 Å². The smallest absolute Gasteiger partial charge is 0.417 e. The SMILES string of the molecule is COc1ccc(-c2ccc(Br)c(C(F)(F)F)c2)cc1. The van der Waals surface area contributed by atoms with Gasteiger partial charge in [0.15, 0.2) is 0 Å². The first-order valence-electron chi connectivity index (χ1n) is 5.43. The highest BCUT2D eigenvalue weighted by molar-refractivity contribution is 9.10. The van der Waals surface area contributed by atoms with Crippen LogP contribution in [0.3, 0.4) is 0 Å². The van der Waals surface area contributed by atoms with E-state index in [0.29, 0.717) is 16.9 Å². The van der Waals surface area contributed by atoms with Crippen molar-refractivity contribution >= 4 is 15.9 Å². The number of hydrogen-bond acceptors (Lipinski definition) is 1. The van der Waals surface area contributed by atoms with Gasteiger partial charge in [0.1, 0.15) is 5.75 Å². The molecule has 2 aromatic rings. The second kappa shape index (κ2) is 5.25. The first kappa shape index (κ1) is 13.9. The molecule has 19 heavy (non-hydrogen) atoms. The maximum Gasteiger partial charge on any atom is 0.417 e. The van der Waals surface area contributed by atoms with Crippen LogP contribution in [0.1, 0.15) is 5.56 Å². The molecule has 0 unspecified atom stereocenters. The highest BCUT2D eigenvalue weighted by Gasteiger charge is 2.33. The summed E-state index contributed by atoms with van der Waals surface area (Å²) in [6, 6.07) is 11.1. The van der Waals surface area contributed by atoms with Gasteiger partial charge in [-0.2, -0.15) is 13.2 Å². The van der Waals surface area contributed by atoms with Gasteiger partial charge in [0, 0.05) is 4.47 Å². The normalized spacial score (nSPS) is 11.4. The molecule has 5 heteroatoms. The summed E-state index contributed by atoms with van der Waals surface area (Å²) in [4.78, 5) is 0. The van der Waals surface area contributed by atoms with Crippen LogP contribution in [-0.4, -0.2) is 7.11 Å². The van der Waals surface area contributed by atoms with Crippen LogP contribution in [0.15, 0.2) is 46.9 Å². The molecule has 0 atom stereocenters. The number of hydrogen-bond donors (Lipinski definition) is 0. The van der Waals surface area contributed by atoms with Gasteiger partial charge >= 0.3 is 6.18 Å². The van der Waals surface area contributed by atoms with Gasteiger partial charge in [-0.1, -0.05) is 34.1 Å². The lowest BCUT2D eigenvalue weighted by molar-refractivity contribution is -0.138. The minimum absolute atomic E-state index is 0.0391. The summed E-state index contributed by atoms with van der Waals surface area (Å²) in [6.07, 6.45) is -4.37. The zero-order valence-corrected chi connectivity index (χ0v) is 11.5. The van der Waals surface area contributed by atoms with Gasteiger partial charge in [0.25, 0.3) is 0 Å². The molecule has 1 nitrogen and oxygen atoms in total. The van der Waals surface area contributed by atoms with Crippen LogP contribution in [-0.2, 0) is 6.18 Å². The molecule has 0 saturated heterocycles. The van der Waals surface area contributed by atoms with Crippen molar-refractivity contribution in [2.45, 2.75) is 6.18 Å². The van der Waals surface area contributed by atoms with E-state index < -0.39 is 11.7 Å². The molecular formula is C14H10BrF3O. The molecule has 0 fully saturated rings. The molecular weight excluding hydrogens is 321 g/mol. The quantitative estimate of drug-likeness (QED) is 0.740. The Morgan fingerprint density at radius 2 is 1.53 bits per heavy atom. The van der Waals surface area contributed by atoms with E-state index in [2.05, 4.69) is 15.9 Å². The van der Waals surface area contributed by atoms with Gasteiger partial charge in [-0.3, -0.25) is 0 Å². The predicted molar refractivity (Wildman–Crippen MR) is 71.1 cm³/mol. The van der Waals surface area contributed by atoms with Gasteiger partial charge in [0.05, 0.1) is 12.7 Å². The molecule has 0 saturated carbocycles. The van der Waals surface area contributed by atoms with Crippen molar-refractivity contribution in [3.8, 4) is 16.9 Å². The average molecular weight is 331 g/mol. The lowest BCUT2D eigenvalue weighted by Gasteiger charge is -2.11. The largest absolute Gasteiger partial charge is 0.497 e. The topological polar surface area (TPSA) is 9.23 Å². The van der Waals surface area contributed by atoms with Gasteiger partial charge in [-0.15, -0.1) is 0 Å². The predicted octanol–water partition coefficient (Wildman–Crippen LogP) is 5.14. The molecule has 0 aliphatic carbocycles. The second-order valence-corrected chi connectivity index (χ2v) is 4.78. The Kier molecular flexibility index (Phi) is 3.85. The Hall–Kier alpha value is -1.49. The van der Waals surface area contributed by atoms with E-state index >= 15 is 0 Å². The van der Waals surface area contributed by atoms with E-state index in [1.807, 2.05) is 0 Å². The summed E-state index contributed by atoms with van der Waals surface area (Å²) in [6.45, 7) is 0. The van der Waals surface area contributed by atoms with Crippen LogP contribution < -0.4 is 4.74 Å². The van der Waals surface area contributed by atoms with Crippen LogP contribution in [0.2, 0.25) is 0 Å². The Morgan fingerprint density at radius 1 is 0.947 bits per heavy atom. The zero-order valence-electron chi connectivity index (χ0n) is 9.96. The number of benzene rings is 2. The number of alkyl halides is 3. The van der Waals surface area contributed by atoms with Crippen LogP contribution in [0, 0.1) is 0 Å². The number of ether oxygens (including phenoxy) is 1. The fourth-order valence-electron chi connectivity index (χ4n) is 1.71. The number of rotatable bonds is 2. The molecule has 0 N–H and O–H groups in total. The second-order valence-electron chi connectivity index (χ2n) is 3.92. The Labute approximate surface area is 117 Å². The van der Waals surface area contributed by atoms with Crippen molar-refractivity contribution < 1.29 is 17.9 Å². The van der Waals surface area contributed by atoms with Gasteiger partial charge in [-0.25, -0.2) is 0 Å². The Bertz CT molecular complexity index is 576. The monoisotopic (exact) mass is 330 g/mol. The first-order chi connectivity index (χ1) is 8.91. The lowest BCUT2D eigenvalue weighted by Crippen LogP contribution is -2.06. The molecule has 0 heterocycles. The summed E-state index contributed by atoms with van der Waals surface area (Å²) in [7, 11) is 1.54. The van der Waals surface area contributed by atoms with Crippen molar-refractivity contribution in [1.29, 1.82) is 0 Å². The van der Waals surface area contributed by atoms with E-state index in [0.717, 1.165) is 6.07 Å². The first-order valence-corrected chi connectivity index (χ1v) is 6.22. The third kappa shape index (κ3) is 3.10. The van der Waals surface area contributed by atoms with Crippen molar-refractivity contribution in [3.05, 3.63) is 52.5 Å². The van der Waals surface area contributed by atoms with Gasteiger partial charge < -0.3 is 4.74 Å². The minimum Gasteiger partial charge on any atom is -0.497 e. The fourth-order valence-corrected chi connectivity index (χ4v) is 2.18. The van der Waals surface area contributed by atoms with Crippen molar-refractivity contribution in [1.82, 2.24) is 0 Å². The van der Waals surface area contributed by atoms with Crippen LogP contribution in [0.5, 0.6) is 5.75 Å². The van der Waals surface area contributed by atoms with Crippen LogP contribution >= 0.6 is 15.9 Å². The Morgan fingerprint density at radius 3 is 2.05 bits per heavy atom. The average Bonchev–Trinajstić information content (AvgIpc) is 2.38. The molecule has 0 amide bonds. The maximum atomic E-state index is 12.8. The summed E-state index contributed by atoms with van der Waals surface area (Å²) in [5.41, 5.74) is 0.540. The van der Waals surface area contributed by atoms with E-state index in [-0.39, 0.29) is 4.47 Å². The van der Waals surface area contributed by atoms with Crippen LogP contribution in [0.25, 0.3) is 11.1 Å². The molecule has 0 aliphatic heterocycles. The number of methoxy groups -OCH3 is 1. The van der Waals surface area contributed by atoms with Gasteiger partial charge in [-0.05, 0) is 35.4 Å². The summed E-state index contributed by atoms with van der Waals surface area (Å²) < 4.78 is 43.5. The van der Waals surface area contributed by atoms with Crippen molar-refractivity contribution in [2.24, 2.45) is 0 Å². The van der Waals surface area contributed by atoms with E-state index in [1.165, 1.54) is 13.2 Å². The standard InChI is InChI=1S/C14H10BrF3O/c1-19-11-5-2-9(3-6-11)10-4-7-13(15)12(8-10)14(16,17)18/h2-8H,1H3. The molecule has 0 spiro atoms. The molecule has 0 bridgehead atoms. The van der Waals surface area contributed by atoms with E-state index in [9.17, 15) is 13.2 Å². The number of halogens is 4. The molecule has 2 aromatic carbocycles. The molecule has 0 aliphatic rings. The Balaban J connectivity index is 2.45. The van der Waals surface area contributed by atoms with Gasteiger partial charge in [0.2, 0.25) is 0 Å². The molecule has 0 aromatic heterocycles. The fraction of sp³-hybridized carbons (Fsp3) is 0.143. The third-order valence-electron chi connectivity index (χ3n) is 2.70. The van der Waals surface area contributed by atoms with Crippen molar-refractivity contribution in [3.63, 3.8) is 0 Å². The zero-order chi connectivity index (χ0) is 14.0. The molecule has 100 valence electrons. The third-order valence-corrected chi connectivity index (χ3v) is 3.39. The van der Waals surface area contributed by atoms with Crippen LogP contribution in [0.4, 0.5) is 13.2 Å². The lowest BCUT2D eigenvalue weighted by atomic mass is 10.0. The maximum absolute atomic E-state index is 12.8. The highest BCUT2D eigenvalue weighted by Crippen LogP contribution is 2.37. The molecule has 2 rings (SSSR count). The molecule has 0 radical (unpaired) electrons. The van der Waals surface area contributed by atoms with Crippen molar-refractivity contribution in [2.75, 3.05) is 7.11 Å². The van der Waals surface area contributed by atoms with E-state index in [4.69, 9.17) is 4.74 Å². The highest BCUT2D eigenvalue weighted by atomic mass is 79.9.